The normalized spacial score (nSPS) is 10.5. The van der Waals surface area contributed by atoms with Crippen LogP contribution in [0.2, 0.25) is 0 Å². The fourth-order valence-electron chi connectivity index (χ4n) is 1.48. The third-order valence-corrected chi connectivity index (χ3v) is 2.51. The van der Waals surface area contributed by atoms with E-state index in [2.05, 4.69) is 22.1 Å². The number of rotatable bonds is 3. The Hall–Kier alpha value is -3.24. The van der Waals surface area contributed by atoms with Crippen LogP contribution in [0.15, 0.2) is 58.5 Å². The average molecular weight is 258 g/mol. The second-order valence-corrected chi connectivity index (χ2v) is 3.87. The maximum absolute atomic E-state index is 8.68. The van der Waals surface area contributed by atoms with E-state index in [1.165, 1.54) is 0 Å². The van der Waals surface area contributed by atoms with E-state index in [-0.39, 0.29) is 0 Å². The first-order chi connectivity index (χ1) is 9.81. The fraction of sp³-hybridized carbons (Fsp3) is 0. The third kappa shape index (κ3) is 3.63. The lowest BCUT2D eigenvalue weighted by atomic mass is 10.2. The van der Waals surface area contributed by atoms with Crippen molar-refractivity contribution in [2.75, 3.05) is 0 Å². The van der Waals surface area contributed by atoms with Crippen molar-refractivity contribution in [1.29, 1.82) is 10.5 Å². The van der Waals surface area contributed by atoms with E-state index in [1.807, 2.05) is 0 Å². The van der Waals surface area contributed by atoms with E-state index in [4.69, 9.17) is 10.5 Å². The molecule has 0 aliphatic rings. The smallest absolute Gasteiger partial charge is 0.0991 e. The van der Waals surface area contributed by atoms with E-state index in [9.17, 15) is 0 Å². The van der Waals surface area contributed by atoms with Crippen LogP contribution in [0.1, 0.15) is 11.1 Å². The predicted octanol–water partition coefficient (Wildman–Crippen LogP) is 3.53. The minimum absolute atomic E-state index is 0.607. The Labute approximate surface area is 117 Å². The molecule has 0 fully saturated rings. The molecule has 4 nitrogen and oxygen atoms in total. The largest absolute Gasteiger partial charge is 0.255 e. The molecule has 0 saturated heterocycles. The van der Waals surface area contributed by atoms with Gasteiger partial charge in [0, 0.05) is 12.4 Å². The van der Waals surface area contributed by atoms with Gasteiger partial charge in [-0.2, -0.15) is 10.5 Å². The quantitative estimate of drug-likeness (QED) is 0.790. The molecular weight excluding hydrogens is 248 g/mol. The Morgan fingerprint density at radius 2 is 1.00 bits per heavy atom. The predicted molar refractivity (Wildman–Crippen MR) is 78.6 cm³/mol. The molecular formula is C16H10N4. The summed E-state index contributed by atoms with van der Waals surface area (Å²) in [5.74, 6) is 0. The number of nitriles is 2. The molecule has 4 heteroatoms. The summed E-state index contributed by atoms with van der Waals surface area (Å²) in [6.45, 7) is 0. The lowest BCUT2D eigenvalue weighted by Gasteiger charge is -1.92. The number of aliphatic imine (C=N–C) groups is 2. The fourth-order valence-corrected chi connectivity index (χ4v) is 1.48. The molecule has 0 heterocycles. The lowest BCUT2D eigenvalue weighted by Crippen LogP contribution is -1.77. The second-order valence-electron chi connectivity index (χ2n) is 3.87. The average Bonchev–Trinajstić information content (AvgIpc) is 2.53. The van der Waals surface area contributed by atoms with Gasteiger partial charge >= 0.3 is 0 Å². The first-order valence-corrected chi connectivity index (χ1v) is 5.89. The van der Waals surface area contributed by atoms with Crippen LogP contribution in [0.25, 0.3) is 0 Å². The third-order valence-electron chi connectivity index (χ3n) is 2.51. The number of benzene rings is 2. The number of nitrogens with zero attached hydrogens (tertiary/aromatic N) is 4. The SMILES string of the molecule is N#Cc1ccc(N=CC=Nc2ccc(C#N)cc2)cc1. The van der Waals surface area contributed by atoms with Crippen LogP contribution in [0, 0.1) is 22.7 Å². The van der Waals surface area contributed by atoms with Crippen molar-refractivity contribution in [2.24, 2.45) is 9.98 Å². The van der Waals surface area contributed by atoms with E-state index >= 15 is 0 Å². The van der Waals surface area contributed by atoms with Crippen molar-refractivity contribution >= 4 is 23.8 Å². The Bertz CT molecular complexity index is 646. The molecule has 0 bridgehead atoms. The van der Waals surface area contributed by atoms with Crippen LogP contribution in [-0.4, -0.2) is 12.4 Å². The molecule has 0 atom stereocenters. The molecule has 0 aromatic heterocycles. The van der Waals surface area contributed by atoms with Crippen LogP contribution in [0.4, 0.5) is 11.4 Å². The highest BCUT2D eigenvalue weighted by atomic mass is 14.8. The maximum Gasteiger partial charge on any atom is 0.0991 e. The molecule has 0 spiro atoms. The van der Waals surface area contributed by atoms with Gasteiger partial charge in [0.25, 0.3) is 0 Å². The van der Waals surface area contributed by atoms with Crippen LogP contribution < -0.4 is 0 Å². The summed E-state index contributed by atoms with van der Waals surface area (Å²) >= 11 is 0. The molecule has 2 rings (SSSR count). The zero-order valence-electron chi connectivity index (χ0n) is 10.6. The van der Waals surface area contributed by atoms with E-state index in [1.54, 1.807) is 61.0 Å². The molecule has 2 aromatic rings. The van der Waals surface area contributed by atoms with Crippen LogP contribution >= 0.6 is 0 Å². The minimum atomic E-state index is 0.607. The second kappa shape index (κ2) is 6.63. The number of hydrogen-bond donors (Lipinski definition) is 0. The van der Waals surface area contributed by atoms with Gasteiger partial charge in [-0.25, -0.2) is 0 Å². The highest BCUT2D eigenvalue weighted by Gasteiger charge is 1.90. The van der Waals surface area contributed by atoms with Crippen molar-refractivity contribution in [2.45, 2.75) is 0 Å². The Kier molecular flexibility index (Phi) is 4.37. The van der Waals surface area contributed by atoms with Crippen molar-refractivity contribution < 1.29 is 0 Å². The molecule has 0 N–H and O–H groups in total. The van der Waals surface area contributed by atoms with E-state index < -0.39 is 0 Å². The molecule has 20 heavy (non-hydrogen) atoms. The molecule has 94 valence electrons. The Morgan fingerprint density at radius 3 is 1.30 bits per heavy atom. The standard InChI is InChI=1S/C16H10N4/c17-11-13-1-5-15(6-2-13)19-9-10-20-16-7-3-14(12-18)4-8-16/h1-10H. The first-order valence-electron chi connectivity index (χ1n) is 5.89. The zero-order valence-corrected chi connectivity index (χ0v) is 10.6. The van der Waals surface area contributed by atoms with Gasteiger partial charge < -0.3 is 0 Å². The summed E-state index contributed by atoms with van der Waals surface area (Å²) in [4.78, 5) is 8.39. The molecule has 0 radical (unpaired) electrons. The first kappa shape index (κ1) is 13.2. The van der Waals surface area contributed by atoms with Gasteiger partial charge in [-0.05, 0) is 48.5 Å². The molecule has 0 unspecified atom stereocenters. The zero-order chi connectivity index (χ0) is 14.2. The molecule has 0 aliphatic carbocycles. The molecule has 2 aromatic carbocycles. The Morgan fingerprint density at radius 1 is 0.650 bits per heavy atom. The number of hydrogen-bond acceptors (Lipinski definition) is 4. The lowest BCUT2D eigenvalue weighted by molar-refractivity contribution is 1.46. The van der Waals surface area contributed by atoms with Gasteiger partial charge in [0.05, 0.1) is 34.6 Å². The van der Waals surface area contributed by atoms with Gasteiger partial charge in [0.15, 0.2) is 0 Å². The van der Waals surface area contributed by atoms with Gasteiger partial charge in [0.2, 0.25) is 0 Å². The van der Waals surface area contributed by atoms with Crippen molar-refractivity contribution in [3.63, 3.8) is 0 Å². The molecule has 0 aliphatic heterocycles. The van der Waals surface area contributed by atoms with E-state index in [0.29, 0.717) is 11.1 Å². The Balaban J connectivity index is 1.99. The summed E-state index contributed by atoms with van der Waals surface area (Å²) in [5, 5.41) is 17.4. The summed E-state index contributed by atoms with van der Waals surface area (Å²) < 4.78 is 0. The molecule has 0 amide bonds. The van der Waals surface area contributed by atoms with Gasteiger partial charge in [0.1, 0.15) is 0 Å². The van der Waals surface area contributed by atoms with Crippen LogP contribution in [-0.2, 0) is 0 Å². The van der Waals surface area contributed by atoms with Crippen LogP contribution in [0.5, 0.6) is 0 Å². The minimum Gasteiger partial charge on any atom is -0.255 e. The van der Waals surface area contributed by atoms with Crippen molar-refractivity contribution in [3.05, 3.63) is 59.7 Å². The monoisotopic (exact) mass is 258 g/mol. The van der Waals surface area contributed by atoms with Gasteiger partial charge in [-0.1, -0.05) is 0 Å². The van der Waals surface area contributed by atoms with Gasteiger partial charge in [-0.3, -0.25) is 9.98 Å². The van der Waals surface area contributed by atoms with E-state index in [0.717, 1.165) is 11.4 Å². The van der Waals surface area contributed by atoms with Gasteiger partial charge in [-0.15, -0.1) is 0 Å². The van der Waals surface area contributed by atoms with Crippen molar-refractivity contribution in [1.82, 2.24) is 0 Å². The highest BCUT2D eigenvalue weighted by Crippen LogP contribution is 2.13. The van der Waals surface area contributed by atoms with Crippen LogP contribution in [0.3, 0.4) is 0 Å². The van der Waals surface area contributed by atoms with Crippen molar-refractivity contribution in [3.8, 4) is 12.1 Å². The maximum atomic E-state index is 8.68. The summed E-state index contributed by atoms with van der Waals surface area (Å²) in [6.07, 6.45) is 3.17. The summed E-state index contributed by atoms with van der Waals surface area (Å²) in [6, 6.07) is 18.0. The highest BCUT2D eigenvalue weighted by molar-refractivity contribution is 6.17. The molecule has 0 saturated carbocycles. The summed E-state index contributed by atoms with van der Waals surface area (Å²) in [7, 11) is 0. The summed E-state index contributed by atoms with van der Waals surface area (Å²) in [5.41, 5.74) is 2.73. The topological polar surface area (TPSA) is 72.3 Å².